The summed E-state index contributed by atoms with van der Waals surface area (Å²) < 4.78 is 10.9. The summed E-state index contributed by atoms with van der Waals surface area (Å²) in [5.74, 6) is 1.33. The first-order valence-electron chi connectivity index (χ1n) is 9.68. The number of ether oxygens (including phenoxy) is 2. The van der Waals surface area contributed by atoms with Crippen molar-refractivity contribution in [3.05, 3.63) is 46.9 Å². The molecule has 0 aromatic carbocycles. The van der Waals surface area contributed by atoms with E-state index in [9.17, 15) is 4.79 Å². The van der Waals surface area contributed by atoms with Gasteiger partial charge in [-0.3, -0.25) is 4.79 Å². The third-order valence-corrected chi connectivity index (χ3v) is 5.28. The predicted octanol–water partition coefficient (Wildman–Crippen LogP) is 3.07. The molecule has 6 heteroatoms. The van der Waals surface area contributed by atoms with Crippen molar-refractivity contribution in [1.82, 2.24) is 15.3 Å². The summed E-state index contributed by atoms with van der Waals surface area (Å²) >= 11 is 0. The molecule has 1 fully saturated rings. The maximum atomic E-state index is 12.8. The normalized spacial score (nSPS) is 16.5. The number of hydrogen-bond acceptors (Lipinski definition) is 5. The molecule has 1 aliphatic heterocycles. The van der Waals surface area contributed by atoms with Crippen LogP contribution in [0.2, 0.25) is 0 Å². The molecule has 0 atom stereocenters. The van der Waals surface area contributed by atoms with Gasteiger partial charge in [-0.1, -0.05) is 25.3 Å². The van der Waals surface area contributed by atoms with Crippen molar-refractivity contribution < 1.29 is 14.3 Å². The lowest BCUT2D eigenvalue weighted by Crippen LogP contribution is -2.36. The second-order valence-electron chi connectivity index (χ2n) is 7.23. The molecule has 0 spiro atoms. The summed E-state index contributed by atoms with van der Waals surface area (Å²) in [7, 11) is 1.60. The molecule has 0 bridgehead atoms. The fourth-order valence-electron chi connectivity index (χ4n) is 3.85. The molecule has 2 aromatic rings. The lowest BCUT2D eigenvalue weighted by atomic mass is 9.95. The Balaban J connectivity index is 1.56. The highest BCUT2D eigenvalue weighted by Crippen LogP contribution is 2.31. The van der Waals surface area contributed by atoms with E-state index in [-0.39, 0.29) is 11.9 Å². The minimum absolute atomic E-state index is 0.0781. The molecule has 1 saturated carbocycles. The maximum absolute atomic E-state index is 12.8. The topological polar surface area (TPSA) is 73.3 Å². The molecule has 0 radical (unpaired) electrons. The zero-order chi connectivity index (χ0) is 18.6. The van der Waals surface area contributed by atoms with Crippen LogP contribution >= 0.6 is 0 Å². The van der Waals surface area contributed by atoms with E-state index in [4.69, 9.17) is 9.47 Å². The van der Waals surface area contributed by atoms with Gasteiger partial charge in [0.25, 0.3) is 5.91 Å². The van der Waals surface area contributed by atoms with Crippen LogP contribution in [-0.4, -0.2) is 35.6 Å². The van der Waals surface area contributed by atoms with E-state index >= 15 is 0 Å². The number of aromatic nitrogens is 2. The molecule has 1 amide bonds. The zero-order valence-corrected chi connectivity index (χ0v) is 15.7. The highest BCUT2D eigenvalue weighted by atomic mass is 16.5. The first-order valence-corrected chi connectivity index (χ1v) is 9.68. The molecule has 2 aromatic heterocycles. The number of hydrogen-bond donors (Lipinski definition) is 1. The van der Waals surface area contributed by atoms with Crippen LogP contribution in [-0.2, 0) is 12.8 Å². The summed E-state index contributed by atoms with van der Waals surface area (Å²) in [5, 5.41) is 3.16. The third-order valence-electron chi connectivity index (χ3n) is 5.28. The van der Waals surface area contributed by atoms with Gasteiger partial charge in [-0.15, -0.1) is 0 Å². The molecule has 27 heavy (non-hydrogen) atoms. The first kappa shape index (κ1) is 17.8. The highest BCUT2D eigenvalue weighted by molar-refractivity contribution is 5.93. The van der Waals surface area contributed by atoms with Gasteiger partial charge in [0, 0.05) is 36.7 Å². The Hall–Kier alpha value is -2.63. The molecule has 142 valence electrons. The second-order valence-corrected chi connectivity index (χ2v) is 7.23. The third kappa shape index (κ3) is 4.04. The van der Waals surface area contributed by atoms with Crippen LogP contribution in [0, 0.1) is 0 Å². The average Bonchev–Trinajstić information content (AvgIpc) is 3.18. The molecular weight excluding hydrogens is 342 g/mol. The SMILES string of the molecule is COc1ccc(Cc2cc(C(=O)NC3CCCCC3)nc3c2OCC3)cn1. The summed E-state index contributed by atoms with van der Waals surface area (Å²) in [4.78, 5) is 21.6. The van der Waals surface area contributed by atoms with E-state index in [1.807, 2.05) is 18.2 Å². The largest absolute Gasteiger partial charge is 0.491 e. The lowest BCUT2D eigenvalue weighted by Gasteiger charge is -2.22. The van der Waals surface area contributed by atoms with Gasteiger partial charge in [0.2, 0.25) is 5.88 Å². The maximum Gasteiger partial charge on any atom is 0.270 e. The van der Waals surface area contributed by atoms with Gasteiger partial charge in [0.15, 0.2) is 0 Å². The van der Waals surface area contributed by atoms with Gasteiger partial charge >= 0.3 is 0 Å². The molecular formula is C21H25N3O3. The molecule has 2 aliphatic rings. The Bertz CT molecular complexity index is 814. The number of amides is 1. The number of methoxy groups -OCH3 is 1. The first-order chi connectivity index (χ1) is 13.2. The van der Waals surface area contributed by atoms with Crippen molar-refractivity contribution >= 4 is 5.91 Å². The minimum atomic E-state index is -0.0781. The van der Waals surface area contributed by atoms with E-state index in [1.165, 1.54) is 19.3 Å². The number of fused-ring (bicyclic) bond motifs is 1. The van der Waals surface area contributed by atoms with Gasteiger partial charge in [-0.05, 0) is 24.5 Å². The number of carbonyl (C=O) groups is 1. The zero-order valence-electron chi connectivity index (χ0n) is 15.7. The van der Waals surface area contributed by atoms with Crippen molar-refractivity contribution in [2.24, 2.45) is 0 Å². The quantitative estimate of drug-likeness (QED) is 0.879. The number of pyridine rings is 2. The molecule has 0 saturated heterocycles. The number of carbonyl (C=O) groups excluding carboxylic acids is 1. The monoisotopic (exact) mass is 367 g/mol. The molecule has 6 nitrogen and oxygen atoms in total. The fraction of sp³-hybridized carbons (Fsp3) is 0.476. The van der Waals surface area contributed by atoms with Gasteiger partial charge in [0.1, 0.15) is 11.4 Å². The standard InChI is InChI=1S/C21H25N3O3/c1-26-19-8-7-14(13-22-19)11-15-12-18(24-17-9-10-27-20(15)17)21(25)23-16-5-3-2-4-6-16/h7-8,12-13,16H,2-6,9-11H2,1H3,(H,23,25). The summed E-state index contributed by atoms with van der Waals surface area (Å²) in [5.41, 5.74) is 3.39. The van der Waals surface area contributed by atoms with Crippen LogP contribution < -0.4 is 14.8 Å². The van der Waals surface area contributed by atoms with Crippen molar-refractivity contribution in [1.29, 1.82) is 0 Å². The van der Waals surface area contributed by atoms with Crippen LogP contribution in [0.15, 0.2) is 24.4 Å². The fourth-order valence-corrected chi connectivity index (χ4v) is 3.85. The van der Waals surface area contributed by atoms with Crippen LogP contribution in [0.5, 0.6) is 11.6 Å². The molecule has 4 rings (SSSR count). The Labute approximate surface area is 159 Å². The van der Waals surface area contributed by atoms with Gasteiger partial charge < -0.3 is 14.8 Å². The molecule has 1 aliphatic carbocycles. The summed E-state index contributed by atoms with van der Waals surface area (Å²) in [6.45, 7) is 0.615. The number of nitrogens with one attached hydrogen (secondary N) is 1. The Kier molecular flexibility index (Phi) is 5.23. The van der Waals surface area contributed by atoms with E-state index < -0.39 is 0 Å². The van der Waals surface area contributed by atoms with Crippen LogP contribution in [0.3, 0.4) is 0 Å². The summed E-state index contributed by atoms with van der Waals surface area (Å²) in [6, 6.07) is 5.96. The summed E-state index contributed by atoms with van der Waals surface area (Å²) in [6.07, 6.45) is 8.94. The number of nitrogens with zero attached hydrogens (tertiary/aromatic N) is 2. The minimum Gasteiger partial charge on any atom is -0.491 e. The number of rotatable bonds is 5. The Morgan fingerprint density at radius 1 is 1.30 bits per heavy atom. The lowest BCUT2D eigenvalue weighted by molar-refractivity contribution is 0.0922. The predicted molar refractivity (Wildman–Crippen MR) is 101 cm³/mol. The van der Waals surface area contributed by atoms with E-state index in [0.29, 0.717) is 24.6 Å². The van der Waals surface area contributed by atoms with Crippen molar-refractivity contribution in [2.45, 2.75) is 51.0 Å². The van der Waals surface area contributed by atoms with E-state index in [1.54, 1.807) is 13.3 Å². The highest BCUT2D eigenvalue weighted by Gasteiger charge is 2.23. The smallest absolute Gasteiger partial charge is 0.270 e. The van der Waals surface area contributed by atoms with Gasteiger partial charge in [-0.2, -0.15) is 0 Å². The van der Waals surface area contributed by atoms with Crippen molar-refractivity contribution in [3.8, 4) is 11.6 Å². The Morgan fingerprint density at radius 3 is 2.89 bits per heavy atom. The molecule has 3 heterocycles. The average molecular weight is 367 g/mol. The Morgan fingerprint density at radius 2 is 2.15 bits per heavy atom. The van der Waals surface area contributed by atoms with Crippen molar-refractivity contribution in [2.75, 3.05) is 13.7 Å². The van der Waals surface area contributed by atoms with Crippen LogP contribution in [0.1, 0.15) is 59.4 Å². The van der Waals surface area contributed by atoms with E-state index in [2.05, 4.69) is 15.3 Å². The van der Waals surface area contributed by atoms with Gasteiger partial charge in [-0.25, -0.2) is 9.97 Å². The molecule has 0 unspecified atom stereocenters. The van der Waals surface area contributed by atoms with Crippen LogP contribution in [0.25, 0.3) is 0 Å². The molecule has 1 N–H and O–H groups in total. The second kappa shape index (κ2) is 7.94. The van der Waals surface area contributed by atoms with E-state index in [0.717, 1.165) is 41.8 Å². The van der Waals surface area contributed by atoms with Crippen LogP contribution in [0.4, 0.5) is 0 Å². The van der Waals surface area contributed by atoms with Crippen molar-refractivity contribution in [3.63, 3.8) is 0 Å². The van der Waals surface area contributed by atoms with Gasteiger partial charge in [0.05, 0.1) is 19.4 Å².